The Morgan fingerprint density at radius 2 is 1.55 bits per heavy atom. The Hall–Kier alpha value is -2.71. The van der Waals surface area contributed by atoms with Gasteiger partial charge in [-0.15, -0.1) is 0 Å². The van der Waals surface area contributed by atoms with Gasteiger partial charge in [0.15, 0.2) is 0 Å². The van der Waals surface area contributed by atoms with Crippen LogP contribution in [0.3, 0.4) is 0 Å². The summed E-state index contributed by atoms with van der Waals surface area (Å²) < 4.78 is 27.0. The summed E-state index contributed by atoms with van der Waals surface area (Å²) in [6.45, 7) is 3.61. The summed E-state index contributed by atoms with van der Waals surface area (Å²) in [5.74, 6) is -0.731. The van der Waals surface area contributed by atoms with E-state index in [0.29, 0.717) is 16.7 Å². The van der Waals surface area contributed by atoms with Crippen LogP contribution < -0.4 is 10.0 Å². The maximum absolute atomic E-state index is 12.3. The fraction of sp³-hybridized carbons (Fsp3) is 0.333. The van der Waals surface area contributed by atoms with Crippen LogP contribution in [0, 0.1) is 0 Å². The molecule has 0 fully saturated rings. The molecule has 0 aliphatic rings. The lowest BCUT2D eigenvalue weighted by Crippen LogP contribution is -2.38. The van der Waals surface area contributed by atoms with E-state index in [4.69, 9.17) is 0 Å². The Kier molecular flexibility index (Phi) is 7.92. The number of nitrogens with zero attached hydrogens (tertiary/aromatic N) is 1. The van der Waals surface area contributed by atoms with Gasteiger partial charge in [-0.1, -0.05) is 42.5 Å². The second-order valence-corrected chi connectivity index (χ2v) is 8.86. The number of rotatable bonds is 9. The van der Waals surface area contributed by atoms with Crippen LogP contribution in [0.1, 0.15) is 35.3 Å². The van der Waals surface area contributed by atoms with Gasteiger partial charge in [-0.05, 0) is 37.1 Å². The van der Waals surface area contributed by atoms with Crippen molar-refractivity contribution in [3.05, 3.63) is 71.3 Å². The number of sulfonamides is 1. The van der Waals surface area contributed by atoms with Gasteiger partial charge in [0.25, 0.3) is 5.91 Å². The lowest BCUT2D eigenvalue weighted by Gasteiger charge is -2.17. The number of nitrogens with one attached hydrogen (secondary N) is 2. The van der Waals surface area contributed by atoms with Crippen molar-refractivity contribution in [2.75, 3.05) is 13.6 Å². The Bertz CT molecular complexity index is 943. The zero-order chi connectivity index (χ0) is 21.4. The van der Waals surface area contributed by atoms with E-state index in [9.17, 15) is 18.0 Å². The third kappa shape index (κ3) is 7.32. The van der Waals surface area contributed by atoms with E-state index < -0.39 is 10.0 Å². The standard InChI is InChI=1S/C21H27N3O4S/c1-16(2)23-29(27,28)15-19-12-8-7-11-18(19)13-22-20(25)14-24(3)21(26)17-9-5-4-6-10-17/h4-12,16,23H,13-15H2,1-3H3,(H,22,25). The van der Waals surface area contributed by atoms with Crippen LogP contribution in [0.4, 0.5) is 0 Å². The number of amides is 2. The van der Waals surface area contributed by atoms with Crippen molar-refractivity contribution < 1.29 is 18.0 Å². The van der Waals surface area contributed by atoms with E-state index in [2.05, 4.69) is 10.0 Å². The molecule has 2 N–H and O–H groups in total. The first-order valence-corrected chi connectivity index (χ1v) is 11.0. The van der Waals surface area contributed by atoms with E-state index in [1.54, 1.807) is 69.4 Å². The fourth-order valence-electron chi connectivity index (χ4n) is 2.81. The van der Waals surface area contributed by atoms with Crippen molar-refractivity contribution in [1.82, 2.24) is 14.9 Å². The Labute approximate surface area is 172 Å². The first kappa shape index (κ1) is 22.6. The highest BCUT2D eigenvalue weighted by atomic mass is 32.2. The van der Waals surface area contributed by atoms with Crippen molar-refractivity contribution in [2.45, 2.75) is 32.2 Å². The van der Waals surface area contributed by atoms with Gasteiger partial charge in [-0.3, -0.25) is 9.59 Å². The van der Waals surface area contributed by atoms with Gasteiger partial charge < -0.3 is 10.2 Å². The average molecular weight is 418 g/mol. The summed E-state index contributed by atoms with van der Waals surface area (Å²) in [5, 5.41) is 2.76. The van der Waals surface area contributed by atoms with Gasteiger partial charge >= 0.3 is 0 Å². The van der Waals surface area contributed by atoms with Crippen molar-refractivity contribution >= 4 is 21.8 Å². The number of hydrogen-bond acceptors (Lipinski definition) is 4. The van der Waals surface area contributed by atoms with Gasteiger partial charge in [-0.2, -0.15) is 0 Å². The normalized spacial score (nSPS) is 11.3. The molecular formula is C21H27N3O4S. The summed E-state index contributed by atoms with van der Waals surface area (Å²) in [7, 11) is -1.91. The molecule has 0 unspecified atom stereocenters. The monoisotopic (exact) mass is 417 g/mol. The van der Waals surface area contributed by atoms with Crippen LogP contribution in [0.25, 0.3) is 0 Å². The Balaban J connectivity index is 1.96. The molecule has 0 saturated heterocycles. The van der Waals surface area contributed by atoms with Crippen LogP contribution in [-0.2, 0) is 27.1 Å². The topological polar surface area (TPSA) is 95.6 Å². The molecule has 2 rings (SSSR count). The van der Waals surface area contributed by atoms with Crippen molar-refractivity contribution in [2.24, 2.45) is 0 Å². The molecule has 156 valence electrons. The molecule has 2 aromatic carbocycles. The predicted octanol–water partition coefficient (Wildman–Crippen LogP) is 1.90. The summed E-state index contributed by atoms with van der Waals surface area (Å²) in [6, 6.07) is 15.6. The zero-order valence-corrected chi connectivity index (χ0v) is 17.7. The van der Waals surface area contributed by atoms with Crippen molar-refractivity contribution in [1.29, 1.82) is 0 Å². The van der Waals surface area contributed by atoms with Crippen LogP contribution in [0.2, 0.25) is 0 Å². The smallest absolute Gasteiger partial charge is 0.254 e. The van der Waals surface area contributed by atoms with Gasteiger partial charge in [-0.25, -0.2) is 13.1 Å². The van der Waals surface area contributed by atoms with E-state index in [-0.39, 0.29) is 36.7 Å². The minimum absolute atomic E-state index is 0.0941. The number of likely N-dealkylation sites (N-methyl/N-ethyl adjacent to an activating group) is 1. The molecule has 2 aromatic rings. The van der Waals surface area contributed by atoms with Crippen molar-refractivity contribution in [3.63, 3.8) is 0 Å². The molecule has 0 heterocycles. The van der Waals surface area contributed by atoms with E-state index in [1.165, 1.54) is 4.90 Å². The average Bonchev–Trinajstić information content (AvgIpc) is 2.66. The predicted molar refractivity (Wildman–Crippen MR) is 113 cm³/mol. The molecule has 2 amide bonds. The first-order chi connectivity index (χ1) is 13.7. The van der Waals surface area contributed by atoms with Crippen LogP contribution in [-0.4, -0.2) is 44.8 Å². The second kappa shape index (κ2) is 10.2. The lowest BCUT2D eigenvalue weighted by molar-refractivity contribution is -0.121. The maximum atomic E-state index is 12.3. The maximum Gasteiger partial charge on any atom is 0.254 e. The molecular weight excluding hydrogens is 390 g/mol. The highest BCUT2D eigenvalue weighted by molar-refractivity contribution is 7.88. The third-order valence-electron chi connectivity index (χ3n) is 4.10. The summed E-state index contributed by atoms with van der Waals surface area (Å²) in [6.07, 6.45) is 0. The second-order valence-electron chi connectivity index (χ2n) is 7.10. The lowest BCUT2D eigenvalue weighted by atomic mass is 10.1. The molecule has 8 heteroatoms. The minimum Gasteiger partial charge on any atom is -0.350 e. The molecule has 0 bridgehead atoms. The Morgan fingerprint density at radius 1 is 0.966 bits per heavy atom. The quantitative estimate of drug-likeness (QED) is 0.651. The van der Waals surface area contributed by atoms with Crippen LogP contribution in [0.5, 0.6) is 0 Å². The molecule has 29 heavy (non-hydrogen) atoms. The minimum atomic E-state index is -3.47. The number of hydrogen-bond donors (Lipinski definition) is 2. The molecule has 0 aliphatic carbocycles. The van der Waals surface area contributed by atoms with E-state index >= 15 is 0 Å². The fourth-order valence-corrected chi connectivity index (χ4v) is 4.31. The molecule has 0 radical (unpaired) electrons. The highest BCUT2D eigenvalue weighted by Gasteiger charge is 2.17. The summed E-state index contributed by atoms with van der Waals surface area (Å²) in [5.41, 5.74) is 1.85. The molecule has 0 saturated carbocycles. The zero-order valence-electron chi connectivity index (χ0n) is 16.9. The third-order valence-corrected chi connectivity index (χ3v) is 5.62. The molecule has 0 aliphatic heterocycles. The van der Waals surface area contributed by atoms with Crippen LogP contribution in [0.15, 0.2) is 54.6 Å². The molecule has 0 aromatic heterocycles. The molecule has 0 atom stereocenters. The SMILES string of the molecule is CC(C)NS(=O)(=O)Cc1ccccc1CNC(=O)CN(C)C(=O)c1ccccc1. The van der Waals surface area contributed by atoms with E-state index in [1.807, 2.05) is 6.07 Å². The van der Waals surface area contributed by atoms with Gasteiger partial charge in [0, 0.05) is 25.2 Å². The summed E-state index contributed by atoms with van der Waals surface area (Å²) in [4.78, 5) is 25.9. The van der Waals surface area contributed by atoms with Crippen LogP contribution >= 0.6 is 0 Å². The van der Waals surface area contributed by atoms with Crippen molar-refractivity contribution in [3.8, 4) is 0 Å². The van der Waals surface area contributed by atoms with Gasteiger partial charge in [0.1, 0.15) is 0 Å². The number of carbonyl (C=O) groups excluding carboxylic acids is 2. The largest absolute Gasteiger partial charge is 0.350 e. The van der Waals surface area contributed by atoms with Gasteiger partial charge in [0.05, 0.1) is 12.3 Å². The molecule has 7 nitrogen and oxygen atoms in total. The Morgan fingerprint density at radius 3 is 2.17 bits per heavy atom. The highest BCUT2D eigenvalue weighted by Crippen LogP contribution is 2.12. The van der Waals surface area contributed by atoms with Gasteiger partial charge in [0.2, 0.25) is 15.9 Å². The number of benzene rings is 2. The van der Waals surface area contributed by atoms with E-state index in [0.717, 1.165) is 0 Å². The molecule has 0 spiro atoms. The first-order valence-electron chi connectivity index (χ1n) is 9.32. The summed E-state index contributed by atoms with van der Waals surface area (Å²) >= 11 is 0. The number of carbonyl (C=O) groups is 2.